The van der Waals surface area contributed by atoms with Crippen molar-refractivity contribution in [2.75, 3.05) is 31.1 Å². The Morgan fingerprint density at radius 1 is 1.23 bits per heavy atom. The number of anilines is 2. The predicted molar refractivity (Wildman–Crippen MR) is 101 cm³/mol. The van der Waals surface area contributed by atoms with E-state index < -0.39 is 0 Å². The molecule has 1 aromatic heterocycles. The van der Waals surface area contributed by atoms with Gasteiger partial charge in [0.2, 0.25) is 0 Å². The Balaban J connectivity index is 1.55. The fraction of sp³-hybridized carbons (Fsp3) is 0.316. The second-order valence-corrected chi connectivity index (χ2v) is 6.45. The summed E-state index contributed by atoms with van der Waals surface area (Å²) in [6, 6.07) is 9.80. The number of hydrogen-bond donors (Lipinski definition) is 3. The standard InChI is InChI=1S/C19H23N5O2/c1-25-16-4-2-3-14(9-16)15-10-17(19(20)22-11-15)24-23-12-18(26-24)13-5-7-21-8-6-13/h2-4,9-13,21,23H,5-8H2,1H3,(H2,20,22). The SMILES string of the molecule is COc1cccc(-c2cnc(N)c(N3NC=C(C4CCNCC4)O3)c2)c1. The highest BCUT2D eigenvalue weighted by Gasteiger charge is 2.27. The maximum Gasteiger partial charge on any atom is 0.155 e. The summed E-state index contributed by atoms with van der Waals surface area (Å²) in [5.74, 6) is 2.57. The number of nitrogens with zero attached hydrogens (tertiary/aromatic N) is 2. The second-order valence-electron chi connectivity index (χ2n) is 6.45. The normalized spacial score (nSPS) is 17.4. The molecule has 0 spiro atoms. The Morgan fingerprint density at radius 3 is 2.88 bits per heavy atom. The van der Waals surface area contributed by atoms with Gasteiger partial charge in [0.1, 0.15) is 11.4 Å². The number of methoxy groups -OCH3 is 1. The van der Waals surface area contributed by atoms with Gasteiger partial charge in [-0.1, -0.05) is 12.1 Å². The van der Waals surface area contributed by atoms with Gasteiger partial charge < -0.3 is 20.6 Å². The number of nitrogens with two attached hydrogens (primary N) is 1. The van der Waals surface area contributed by atoms with Crippen molar-refractivity contribution in [3.8, 4) is 16.9 Å². The molecule has 0 bridgehead atoms. The van der Waals surface area contributed by atoms with Gasteiger partial charge in [0.15, 0.2) is 11.6 Å². The minimum absolute atomic E-state index is 0.407. The van der Waals surface area contributed by atoms with Gasteiger partial charge in [-0.05, 0) is 49.7 Å². The molecule has 7 heteroatoms. The fourth-order valence-electron chi connectivity index (χ4n) is 3.28. The number of hydrazine groups is 1. The van der Waals surface area contributed by atoms with E-state index in [-0.39, 0.29) is 0 Å². The van der Waals surface area contributed by atoms with E-state index in [0.29, 0.717) is 17.4 Å². The van der Waals surface area contributed by atoms with Gasteiger partial charge in [0, 0.05) is 17.7 Å². The van der Waals surface area contributed by atoms with Crippen LogP contribution < -0.4 is 26.4 Å². The zero-order valence-corrected chi connectivity index (χ0v) is 14.7. The van der Waals surface area contributed by atoms with Crippen LogP contribution in [-0.4, -0.2) is 25.2 Å². The van der Waals surface area contributed by atoms with Gasteiger partial charge in [-0.25, -0.2) is 4.98 Å². The average molecular weight is 353 g/mol. The highest BCUT2D eigenvalue weighted by atomic mass is 16.7. The van der Waals surface area contributed by atoms with E-state index in [9.17, 15) is 0 Å². The Hall–Kier alpha value is -2.93. The van der Waals surface area contributed by atoms with Crippen molar-refractivity contribution in [2.24, 2.45) is 5.92 Å². The van der Waals surface area contributed by atoms with Crippen LogP contribution in [0.3, 0.4) is 0 Å². The van der Waals surface area contributed by atoms with E-state index in [2.05, 4.69) is 15.7 Å². The predicted octanol–water partition coefficient (Wildman–Crippen LogP) is 2.44. The van der Waals surface area contributed by atoms with Crippen molar-refractivity contribution in [3.63, 3.8) is 0 Å². The van der Waals surface area contributed by atoms with Gasteiger partial charge in [0.25, 0.3) is 0 Å². The first-order valence-corrected chi connectivity index (χ1v) is 8.79. The molecule has 4 N–H and O–H groups in total. The smallest absolute Gasteiger partial charge is 0.155 e. The van der Waals surface area contributed by atoms with Crippen molar-refractivity contribution in [3.05, 3.63) is 48.5 Å². The number of pyridine rings is 1. The highest BCUT2D eigenvalue weighted by Crippen LogP contribution is 2.33. The van der Waals surface area contributed by atoms with Crippen LogP contribution in [-0.2, 0) is 4.84 Å². The van der Waals surface area contributed by atoms with Gasteiger partial charge in [0.05, 0.1) is 13.3 Å². The molecule has 3 heterocycles. The Morgan fingerprint density at radius 2 is 2.08 bits per heavy atom. The van der Waals surface area contributed by atoms with E-state index in [4.69, 9.17) is 15.3 Å². The van der Waals surface area contributed by atoms with Crippen LogP contribution >= 0.6 is 0 Å². The number of ether oxygens (including phenoxy) is 1. The molecule has 0 saturated carbocycles. The summed E-state index contributed by atoms with van der Waals surface area (Å²) in [4.78, 5) is 10.3. The summed E-state index contributed by atoms with van der Waals surface area (Å²) in [7, 11) is 1.65. The molecule has 136 valence electrons. The van der Waals surface area contributed by atoms with Crippen LogP contribution in [0.1, 0.15) is 12.8 Å². The van der Waals surface area contributed by atoms with Crippen LogP contribution in [0.15, 0.2) is 48.5 Å². The molecule has 0 unspecified atom stereocenters. The molecule has 1 fully saturated rings. The zero-order valence-electron chi connectivity index (χ0n) is 14.7. The monoisotopic (exact) mass is 353 g/mol. The van der Waals surface area contributed by atoms with E-state index in [1.807, 2.05) is 36.5 Å². The number of nitrogen functional groups attached to an aromatic ring is 1. The molecular weight excluding hydrogens is 330 g/mol. The summed E-state index contributed by atoms with van der Waals surface area (Å²) in [5.41, 5.74) is 11.9. The molecule has 1 aromatic carbocycles. The Bertz CT molecular complexity index is 817. The van der Waals surface area contributed by atoms with E-state index >= 15 is 0 Å². The molecule has 1 saturated heterocycles. The van der Waals surface area contributed by atoms with E-state index in [1.54, 1.807) is 18.5 Å². The first-order valence-electron chi connectivity index (χ1n) is 8.79. The summed E-state index contributed by atoms with van der Waals surface area (Å²) >= 11 is 0. The molecule has 4 rings (SSSR count). The van der Waals surface area contributed by atoms with Crippen molar-refractivity contribution >= 4 is 11.5 Å². The largest absolute Gasteiger partial charge is 0.497 e. The van der Waals surface area contributed by atoms with E-state index in [1.165, 1.54) is 0 Å². The lowest BCUT2D eigenvalue weighted by Crippen LogP contribution is -2.31. The van der Waals surface area contributed by atoms with Crippen molar-refractivity contribution in [2.45, 2.75) is 12.8 Å². The number of allylic oxidation sites excluding steroid dienone is 1. The third-order valence-electron chi connectivity index (χ3n) is 4.78. The van der Waals surface area contributed by atoms with Crippen LogP contribution in [0.4, 0.5) is 11.5 Å². The maximum atomic E-state index is 6.10. The first-order chi connectivity index (χ1) is 12.7. The lowest BCUT2D eigenvalue weighted by molar-refractivity contribution is 0.152. The van der Waals surface area contributed by atoms with Crippen LogP contribution in [0, 0.1) is 5.92 Å². The van der Waals surface area contributed by atoms with Crippen LogP contribution in [0.25, 0.3) is 11.1 Å². The molecule has 2 aromatic rings. The number of benzene rings is 1. The highest BCUT2D eigenvalue weighted by molar-refractivity contribution is 5.73. The number of aromatic nitrogens is 1. The number of rotatable bonds is 4. The molecule has 0 aliphatic carbocycles. The molecule has 2 aliphatic rings. The second kappa shape index (κ2) is 7.13. The summed E-state index contributed by atoms with van der Waals surface area (Å²) in [6.07, 6.45) is 5.80. The third kappa shape index (κ3) is 3.25. The summed E-state index contributed by atoms with van der Waals surface area (Å²) in [5, 5.41) is 4.95. The molecule has 26 heavy (non-hydrogen) atoms. The molecular formula is C19H23N5O2. The molecule has 7 nitrogen and oxygen atoms in total. The Labute approximate surface area is 152 Å². The van der Waals surface area contributed by atoms with Crippen molar-refractivity contribution < 1.29 is 9.57 Å². The van der Waals surface area contributed by atoms with Crippen LogP contribution in [0.2, 0.25) is 0 Å². The zero-order chi connectivity index (χ0) is 17.9. The lowest BCUT2D eigenvalue weighted by atomic mass is 9.96. The van der Waals surface area contributed by atoms with Gasteiger partial charge >= 0.3 is 0 Å². The number of nitrogens with one attached hydrogen (secondary N) is 2. The minimum Gasteiger partial charge on any atom is -0.497 e. The topological polar surface area (TPSA) is 84.7 Å². The van der Waals surface area contributed by atoms with Gasteiger partial charge in [-0.2, -0.15) is 0 Å². The maximum absolute atomic E-state index is 6.10. The average Bonchev–Trinajstić information content (AvgIpc) is 3.19. The van der Waals surface area contributed by atoms with Crippen molar-refractivity contribution in [1.82, 2.24) is 15.7 Å². The fourth-order valence-corrected chi connectivity index (χ4v) is 3.28. The van der Waals surface area contributed by atoms with Gasteiger partial charge in [-0.15, -0.1) is 5.17 Å². The number of piperidine rings is 1. The minimum atomic E-state index is 0.407. The van der Waals surface area contributed by atoms with E-state index in [0.717, 1.165) is 48.6 Å². The molecule has 2 aliphatic heterocycles. The molecule has 0 amide bonds. The first kappa shape index (κ1) is 16.5. The van der Waals surface area contributed by atoms with Crippen molar-refractivity contribution in [1.29, 1.82) is 0 Å². The Kier molecular flexibility index (Phi) is 4.53. The quantitative estimate of drug-likeness (QED) is 0.778. The summed E-state index contributed by atoms with van der Waals surface area (Å²) in [6.45, 7) is 2.03. The van der Waals surface area contributed by atoms with Gasteiger partial charge in [-0.3, -0.25) is 5.43 Å². The number of hydrogen-bond acceptors (Lipinski definition) is 7. The molecule has 0 radical (unpaired) electrons. The third-order valence-corrected chi connectivity index (χ3v) is 4.78. The lowest BCUT2D eigenvalue weighted by Gasteiger charge is -2.25. The summed E-state index contributed by atoms with van der Waals surface area (Å²) < 4.78 is 5.31. The van der Waals surface area contributed by atoms with Crippen LogP contribution in [0.5, 0.6) is 5.75 Å². The molecule has 0 atom stereocenters.